The van der Waals surface area contributed by atoms with Gasteiger partial charge in [-0.15, -0.1) is 0 Å². The summed E-state index contributed by atoms with van der Waals surface area (Å²) in [6, 6.07) is 23.1. The molecule has 2 amide bonds. The summed E-state index contributed by atoms with van der Waals surface area (Å²) in [5, 5.41) is 0. The van der Waals surface area contributed by atoms with Crippen molar-refractivity contribution in [3.8, 4) is 33.9 Å². The Morgan fingerprint density at radius 2 is 1.69 bits per heavy atom. The van der Waals surface area contributed by atoms with Crippen molar-refractivity contribution < 1.29 is 19.1 Å². The number of ether oxygens (including phenoxy) is 1. The quantitative estimate of drug-likeness (QED) is 0.278. The summed E-state index contributed by atoms with van der Waals surface area (Å²) >= 11 is 0. The van der Waals surface area contributed by atoms with Crippen molar-refractivity contribution >= 4 is 17.8 Å². The Balaban J connectivity index is 1.47. The highest BCUT2D eigenvalue weighted by molar-refractivity contribution is 6.01. The van der Waals surface area contributed by atoms with E-state index in [0.717, 1.165) is 45.0 Å². The summed E-state index contributed by atoms with van der Waals surface area (Å²) in [6.07, 6.45) is 0.0734. The van der Waals surface area contributed by atoms with Gasteiger partial charge in [0.05, 0.1) is 11.4 Å². The average Bonchev–Trinajstić information content (AvgIpc) is 3.44. The molecular formula is C34H36N4O4. The highest BCUT2D eigenvalue weighted by Crippen LogP contribution is 2.37. The molecule has 2 heterocycles. The summed E-state index contributed by atoms with van der Waals surface area (Å²) in [5.74, 6) is -0.613. The standard InChI is InChI=1S/C34H36N4O4/c1-21-10-9-13-23(18-21)29-30(22-11-7-6-8-12-22)37(5)32(36-29)24-14-15-26-25(19-24)20-38(33(26)41)27(31(35)40)16-17-28(39)42-34(2,3)4/h6-15,18-19,27H,16-17,20H2,1-5H3,(H2,35,40). The van der Waals surface area contributed by atoms with Crippen molar-refractivity contribution in [3.05, 3.63) is 89.5 Å². The topological polar surface area (TPSA) is 108 Å². The summed E-state index contributed by atoms with van der Waals surface area (Å²) in [6.45, 7) is 7.62. The molecule has 4 aromatic rings. The number of esters is 1. The SMILES string of the molecule is Cc1cccc(-c2nc(-c3ccc4c(c3)CN(C(CCC(=O)OC(C)(C)C)C(N)=O)C4=O)n(C)c2-c2ccccc2)c1. The maximum absolute atomic E-state index is 13.4. The number of carbonyl (C=O) groups excluding carboxylic acids is 3. The van der Waals surface area contributed by atoms with Crippen molar-refractivity contribution in [2.45, 2.75) is 58.7 Å². The van der Waals surface area contributed by atoms with E-state index >= 15 is 0 Å². The number of aryl methyl sites for hydroxylation is 1. The van der Waals surface area contributed by atoms with Crippen LogP contribution in [0.25, 0.3) is 33.9 Å². The van der Waals surface area contributed by atoms with Crippen LogP contribution in [0.3, 0.4) is 0 Å². The lowest BCUT2D eigenvalue weighted by Gasteiger charge is -2.25. The van der Waals surface area contributed by atoms with Gasteiger partial charge in [0, 0.05) is 42.3 Å². The molecule has 0 saturated heterocycles. The first kappa shape index (κ1) is 28.8. The minimum atomic E-state index is -0.924. The smallest absolute Gasteiger partial charge is 0.306 e. The van der Waals surface area contributed by atoms with E-state index in [2.05, 4.69) is 41.8 Å². The molecule has 3 aromatic carbocycles. The van der Waals surface area contributed by atoms with E-state index in [1.54, 1.807) is 26.8 Å². The van der Waals surface area contributed by atoms with Crippen LogP contribution in [0.4, 0.5) is 0 Å². The number of nitrogens with zero attached hydrogens (tertiary/aromatic N) is 3. The van der Waals surface area contributed by atoms with Gasteiger partial charge in [-0.05, 0) is 57.9 Å². The molecule has 0 radical (unpaired) electrons. The molecule has 1 aliphatic rings. The van der Waals surface area contributed by atoms with Crippen LogP contribution in [-0.4, -0.2) is 43.9 Å². The van der Waals surface area contributed by atoms with Crippen LogP contribution in [0.5, 0.6) is 0 Å². The fraction of sp³-hybridized carbons (Fsp3) is 0.294. The van der Waals surface area contributed by atoms with Gasteiger partial charge in [0.15, 0.2) is 0 Å². The average molecular weight is 565 g/mol. The molecular weight excluding hydrogens is 528 g/mol. The number of hydrogen-bond donors (Lipinski definition) is 1. The lowest BCUT2D eigenvalue weighted by atomic mass is 10.0. The van der Waals surface area contributed by atoms with E-state index in [4.69, 9.17) is 15.5 Å². The van der Waals surface area contributed by atoms with Crippen molar-refractivity contribution in [1.82, 2.24) is 14.5 Å². The van der Waals surface area contributed by atoms with Crippen molar-refractivity contribution in [2.24, 2.45) is 12.8 Å². The van der Waals surface area contributed by atoms with Crippen molar-refractivity contribution in [3.63, 3.8) is 0 Å². The lowest BCUT2D eigenvalue weighted by Crippen LogP contribution is -2.45. The van der Waals surface area contributed by atoms with E-state index in [1.165, 1.54) is 4.90 Å². The van der Waals surface area contributed by atoms with E-state index in [1.807, 2.05) is 43.4 Å². The van der Waals surface area contributed by atoms with Crippen LogP contribution in [0.15, 0.2) is 72.8 Å². The molecule has 5 rings (SSSR count). The minimum absolute atomic E-state index is 0.0203. The summed E-state index contributed by atoms with van der Waals surface area (Å²) in [5.41, 5.74) is 12.3. The Bertz CT molecular complexity index is 1670. The fourth-order valence-corrected chi connectivity index (χ4v) is 5.51. The summed E-state index contributed by atoms with van der Waals surface area (Å²) in [4.78, 5) is 44.6. The molecule has 8 heteroatoms. The first-order chi connectivity index (χ1) is 19.9. The Hall–Kier alpha value is -4.72. The van der Waals surface area contributed by atoms with Gasteiger partial charge >= 0.3 is 5.97 Å². The molecule has 42 heavy (non-hydrogen) atoms. The molecule has 0 spiro atoms. The van der Waals surface area contributed by atoms with Gasteiger partial charge in [0.1, 0.15) is 17.5 Å². The fourth-order valence-electron chi connectivity index (χ4n) is 5.51. The van der Waals surface area contributed by atoms with Gasteiger partial charge in [-0.1, -0.05) is 60.2 Å². The number of hydrogen-bond acceptors (Lipinski definition) is 5. The number of rotatable bonds is 8. The molecule has 0 saturated carbocycles. The molecule has 8 nitrogen and oxygen atoms in total. The van der Waals surface area contributed by atoms with E-state index in [-0.39, 0.29) is 25.3 Å². The van der Waals surface area contributed by atoms with Gasteiger partial charge < -0.3 is 19.9 Å². The number of aromatic nitrogens is 2. The maximum atomic E-state index is 13.4. The first-order valence-electron chi connectivity index (χ1n) is 14.1. The molecule has 1 atom stereocenters. The molecule has 2 N–H and O–H groups in total. The molecule has 1 aliphatic heterocycles. The van der Waals surface area contributed by atoms with Crippen LogP contribution in [0.2, 0.25) is 0 Å². The van der Waals surface area contributed by atoms with E-state index in [9.17, 15) is 14.4 Å². The van der Waals surface area contributed by atoms with Crippen LogP contribution in [0, 0.1) is 6.92 Å². The third-order valence-corrected chi connectivity index (χ3v) is 7.38. The summed E-state index contributed by atoms with van der Waals surface area (Å²) in [7, 11) is 1.99. The zero-order valence-corrected chi connectivity index (χ0v) is 24.7. The van der Waals surface area contributed by atoms with E-state index < -0.39 is 23.5 Å². The van der Waals surface area contributed by atoms with Crippen LogP contribution >= 0.6 is 0 Å². The predicted molar refractivity (Wildman–Crippen MR) is 162 cm³/mol. The van der Waals surface area contributed by atoms with Gasteiger partial charge in [0.2, 0.25) is 5.91 Å². The Morgan fingerprint density at radius 3 is 2.36 bits per heavy atom. The molecule has 0 fully saturated rings. The van der Waals surface area contributed by atoms with Gasteiger partial charge in [-0.3, -0.25) is 14.4 Å². The second kappa shape index (κ2) is 11.3. The highest BCUT2D eigenvalue weighted by atomic mass is 16.6. The second-order valence-electron chi connectivity index (χ2n) is 11.8. The van der Waals surface area contributed by atoms with Crippen molar-refractivity contribution in [2.75, 3.05) is 0 Å². The largest absolute Gasteiger partial charge is 0.460 e. The van der Waals surface area contributed by atoms with Crippen LogP contribution < -0.4 is 5.73 Å². The molecule has 0 aliphatic carbocycles. The number of primary amides is 1. The van der Waals surface area contributed by atoms with Gasteiger partial charge in [-0.2, -0.15) is 0 Å². The minimum Gasteiger partial charge on any atom is -0.460 e. The molecule has 1 aromatic heterocycles. The normalized spacial score (nSPS) is 13.6. The highest BCUT2D eigenvalue weighted by Gasteiger charge is 2.36. The summed E-state index contributed by atoms with van der Waals surface area (Å²) < 4.78 is 7.45. The van der Waals surface area contributed by atoms with Crippen LogP contribution in [-0.2, 0) is 27.9 Å². The maximum Gasteiger partial charge on any atom is 0.306 e. The third kappa shape index (κ3) is 5.84. The Morgan fingerprint density at radius 1 is 0.976 bits per heavy atom. The molecule has 0 bridgehead atoms. The number of nitrogens with two attached hydrogens (primary N) is 1. The van der Waals surface area contributed by atoms with E-state index in [0.29, 0.717) is 5.56 Å². The Labute approximate surface area is 246 Å². The molecule has 1 unspecified atom stereocenters. The number of benzene rings is 3. The number of fused-ring (bicyclic) bond motifs is 1. The second-order valence-corrected chi connectivity index (χ2v) is 11.8. The molecule has 216 valence electrons. The first-order valence-corrected chi connectivity index (χ1v) is 14.1. The number of amides is 2. The number of imidazole rings is 1. The Kier molecular flexibility index (Phi) is 7.73. The van der Waals surface area contributed by atoms with Crippen molar-refractivity contribution in [1.29, 1.82) is 0 Å². The van der Waals surface area contributed by atoms with Gasteiger partial charge in [0.25, 0.3) is 5.91 Å². The predicted octanol–water partition coefficient (Wildman–Crippen LogP) is 5.66. The monoisotopic (exact) mass is 564 g/mol. The lowest BCUT2D eigenvalue weighted by molar-refractivity contribution is -0.155. The zero-order valence-electron chi connectivity index (χ0n) is 24.7. The third-order valence-electron chi connectivity index (χ3n) is 7.38. The number of carbonyl (C=O) groups is 3. The zero-order chi connectivity index (χ0) is 30.2. The van der Waals surface area contributed by atoms with Crippen LogP contribution in [0.1, 0.15) is 55.1 Å². The van der Waals surface area contributed by atoms with Gasteiger partial charge in [-0.25, -0.2) is 4.98 Å².